The summed E-state index contributed by atoms with van der Waals surface area (Å²) in [6, 6.07) is 14.6. The van der Waals surface area contributed by atoms with E-state index in [-0.39, 0.29) is 12.5 Å². The first-order chi connectivity index (χ1) is 19.3. The molecule has 0 radical (unpaired) electrons. The number of hydrogen-bond donors (Lipinski definition) is 2. The average Bonchev–Trinajstić information content (AvgIpc) is 3.24. The van der Waals surface area contributed by atoms with E-state index < -0.39 is 12.7 Å². The summed E-state index contributed by atoms with van der Waals surface area (Å²) < 4.78 is 59.1. The van der Waals surface area contributed by atoms with E-state index in [1.807, 2.05) is 44.4 Å². The minimum absolute atomic E-state index is 0.261. The van der Waals surface area contributed by atoms with Crippen LogP contribution in [0.2, 0.25) is 0 Å². The monoisotopic (exact) mass is 558 g/mol. The molecular weight excluding hydrogens is 521 g/mol. The first-order valence-electron chi connectivity index (χ1n) is 13.5. The first kappa shape index (κ1) is 29.6. The molecule has 4 rings (SSSR count). The van der Waals surface area contributed by atoms with Gasteiger partial charge in [-0.25, -0.2) is 0 Å². The summed E-state index contributed by atoms with van der Waals surface area (Å²) in [6.45, 7) is 3.08. The quantitative estimate of drug-likeness (QED) is 0.438. The van der Waals surface area contributed by atoms with Crippen LogP contribution in [0.4, 0.5) is 24.5 Å². The van der Waals surface area contributed by atoms with Crippen molar-refractivity contribution in [3.63, 3.8) is 0 Å². The molecule has 1 aromatic heterocycles. The summed E-state index contributed by atoms with van der Waals surface area (Å²) in [5.41, 5.74) is 2.39. The lowest BCUT2D eigenvalue weighted by molar-refractivity contribution is -0.140. The van der Waals surface area contributed by atoms with Gasteiger partial charge in [0.2, 0.25) is 0 Å². The van der Waals surface area contributed by atoms with Crippen molar-refractivity contribution in [1.29, 1.82) is 0 Å². The summed E-state index contributed by atoms with van der Waals surface area (Å²) in [6.07, 6.45) is -3.55. The number of benzene rings is 2. The summed E-state index contributed by atoms with van der Waals surface area (Å²) in [5, 5.41) is 7.39. The van der Waals surface area contributed by atoms with Crippen LogP contribution in [0, 0.1) is 17.8 Å². The number of hydrogen-bond acceptors (Lipinski definition) is 6. The Labute approximate surface area is 233 Å². The Bertz CT molecular complexity index is 1300. The fourth-order valence-electron chi connectivity index (χ4n) is 4.69. The van der Waals surface area contributed by atoms with Gasteiger partial charge in [-0.05, 0) is 62.7 Å². The summed E-state index contributed by atoms with van der Waals surface area (Å²) in [5.74, 6) is 6.90. The van der Waals surface area contributed by atoms with Crippen molar-refractivity contribution in [3.8, 4) is 17.6 Å². The maximum atomic E-state index is 13.6. The molecule has 3 aromatic rings. The molecule has 10 heteroatoms. The molecule has 0 amide bonds. The number of alkyl halides is 3. The van der Waals surface area contributed by atoms with Gasteiger partial charge < -0.3 is 34.3 Å². The lowest BCUT2D eigenvalue weighted by atomic mass is 10.1. The molecule has 2 aromatic carbocycles. The van der Waals surface area contributed by atoms with Crippen molar-refractivity contribution in [2.24, 2.45) is 5.92 Å². The van der Waals surface area contributed by atoms with E-state index >= 15 is 0 Å². The second kappa shape index (κ2) is 14.3. The highest BCUT2D eigenvalue weighted by molar-refractivity contribution is 5.94. The molecule has 0 fully saturated rings. The van der Waals surface area contributed by atoms with Gasteiger partial charge in [0.1, 0.15) is 18.9 Å². The zero-order chi connectivity index (χ0) is 28.4. The molecule has 4 bridgehead atoms. The smallest absolute Gasteiger partial charge is 0.406 e. The van der Waals surface area contributed by atoms with Crippen molar-refractivity contribution in [3.05, 3.63) is 54.2 Å². The predicted molar refractivity (Wildman–Crippen MR) is 152 cm³/mol. The standard InChI is InChI=1S/C30H37F3N4O3/c1-36(2)21-23-11-13-38-14-15-39-16-17-40-26-8-3-6-24(18-26)34-12-5-7-25-19-27-28(35-20-23)9-4-10-29(27)37(25)22-30(31,32)33/h3-4,6,8-10,18-19,23,34-35H,11-17,20-22H2,1-2H3. The molecule has 0 spiro atoms. The van der Waals surface area contributed by atoms with E-state index in [2.05, 4.69) is 27.4 Å². The number of halogens is 3. The van der Waals surface area contributed by atoms with Crippen LogP contribution >= 0.6 is 0 Å². The zero-order valence-corrected chi connectivity index (χ0v) is 23.0. The number of nitrogens with zero attached hydrogens (tertiary/aromatic N) is 2. The first-order valence-corrected chi connectivity index (χ1v) is 13.5. The van der Waals surface area contributed by atoms with Crippen LogP contribution in [0.1, 0.15) is 12.1 Å². The van der Waals surface area contributed by atoms with E-state index in [9.17, 15) is 13.2 Å². The van der Waals surface area contributed by atoms with E-state index in [1.54, 1.807) is 18.2 Å². The van der Waals surface area contributed by atoms with Gasteiger partial charge in [-0.2, -0.15) is 13.2 Å². The Morgan fingerprint density at radius 1 is 0.975 bits per heavy atom. The lowest BCUT2D eigenvalue weighted by Crippen LogP contribution is -2.28. The van der Waals surface area contributed by atoms with Crippen molar-refractivity contribution < 1.29 is 27.4 Å². The average molecular weight is 559 g/mol. The largest absolute Gasteiger partial charge is 0.491 e. The topological polar surface area (TPSA) is 59.9 Å². The second-order valence-electron chi connectivity index (χ2n) is 10.0. The minimum atomic E-state index is -4.38. The van der Waals surface area contributed by atoms with Crippen molar-refractivity contribution in [1.82, 2.24) is 9.47 Å². The predicted octanol–water partition coefficient (Wildman–Crippen LogP) is 5.07. The summed E-state index contributed by atoms with van der Waals surface area (Å²) in [7, 11) is 4.05. The fraction of sp³-hybridized carbons (Fsp3) is 0.467. The third kappa shape index (κ3) is 9.08. The van der Waals surface area contributed by atoms with Gasteiger partial charge in [-0.3, -0.25) is 0 Å². The van der Waals surface area contributed by atoms with Gasteiger partial charge in [-0.1, -0.05) is 18.1 Å². The molecule has 0 saturated heterocycles. The van der Waals surface area contributed by atoms with Crippen LogP contribution < -0.4 is 15.4 Å². The summed E-state index contributed by atoms with van der Waals surface area (Å²) >= 11 is 0. The van der Waals surface area contributed by atoms with E-state index in [0.29, 0.717) is 61.9 Å². The van der Waals surface area contributed by atoms with Gasteiger partial charge >= 0.3 is 6.18 Å². The van der Waals surface area contributed by atoms with Crippen LogP contribution in [-0.2, 0) is 16.0 Å². The summed E-state index contributed by atoms with van der Waals surface area (Å²) in [4.78, 5) is 2.12. The maximum Gasteiger partial charge on any atom is 0.406 e. The number of nitrogens with one attached hydrogen (secondary N) is 2. The minimum Gasteiger partial charge on any atom is -0.491 e. The number of anilines is 2. The molecule has 216 valence electrons. The zero-order valence-electron chi connectivity index (χ0n) is 23.0. The molecule has 1 aliphatic rings. The van der Waals surface area contributed by atoms with Crippen LogP contribution in [-0.4, -0.2) is 82.4 Å². The van der Waals surface area contributed by atoms with Gasteiger partial charge in [0.15, 0.2) is 0 Å². The van der Waals surface area contributed by atoms with E-state index in [1.165, 1.54) is 4.57 Å². The Morgan fingerprint density at radius 3 is 2.55 bits per heavy atom. The molecule has 40 heavy (non-hydrogen) atoms. The molecule has 1 unspecified atom stereocenters. The highest BCUT2D eigenvalue weighted by atomic mass is 19.4. The molecule has 0 aliphatic carbocycles. The molecule has 2 heterocycles. The number of fused-ring (bicyclic) bond motifs is 3. The Kier molecular flexibility index (Phi) is 10.6. The third-order valence-corrected chi connectivity index (χ3v) is 6.46. The molecule has 1 atom stereocenters. The van der Waals surface area contributed by atoms with Gasteiger partial charge in [0.25, 0.3) is 0 Å². The van der Waals surface area contributed by atoms with Crippen molar-refractivity contribution in [2.45, 2.75) is 19.1 Å². The molecule has 2 N–H and O–H groups in total. The lowest BCUT2D eigenvalue weighted by Gasteiger charge is -2.22. The highest BCUT2D eigenvalue weighted by Gasteiger charge is 2.30. The molecule has 7 nitrogen and oxygen atoms in total. The number of aromatic nitrogens is 1. The molecule has 1 aliphatic heterocycles. The van der Waals surface area contributed by atoms with Crippen molar-refractivity contribution >= 4 is 22.3 Å². The van der Waals surface area contributed by atoms with Crippen molar-refractivity contribution in [2.75, 3.05) is 77.4 Å². The van der Waals surface area contributed by atoms with Gasteiger partial charge in [0.05, 0.1) is 37.6 Å². The SMILES string of the molecule is CN(C)CC1CCOCCOCCOc2cccc(c2)NCC#Cc2cc3c(cccc3n2CC(F)(F)F)NC1. The Balaban J connectivity index is 1.61. The van der Waals surface area contributed by atoms with E-state index in [0.717, 1.165) is 24.3 Å². The second-order valence-corrected chi connectivity index (χ2v) is 10.0. The van der Waals surface area contributed by atoms with Crippen LogP contribution in [0.5, 0.6) is 5.75 Å². The normalized spacial score (nSPS) is 17.9. The molecule has 0 saturated carbocycles. The van der Waals surface area contributed by atoms with E-state index in [4.69, 9.17) is 14.2 Å². The Morgan fingerprint density at radius 2 is 1.75 bits per heavy atom. The van der Waals surface area contributed by atoms with Gasteiger partial charge in [0, 0.05) is 42.5 Å². The number of ether oxygens (including phenoxy) is 3. The molecular formula is C30H37F3N4O3. The highest BCUT2D eigenvalue weighted by Crippen LogP contribution is 2.30. The van der Waals surface area contributed by atoms with Crippen LogP contribution in [0.15, 0.2) is 48.5 Å². The Hall–Kier alpha value is -3.39. The van der Waals surface area contributed by atoms with Crippen LogP contribution in [0.3, 0.4) is 0 Å². The maximum absolute atomic E-state index is 13.6. The third-order valence-electron chi connectivity index (χ3n) is 6.46. The fourth-order valence-corrected chi connectivity index (χ4v) is 4.69. The van der Waals surface area contributed by atoms with Crippen LogP contribution in [0.25, 0.3) is 10.9 Å². The number of rotatable bonds is 3. The van der Waals surface area contributed by atoms with Gasteiger partial charge in [-0.15, -0.1) is 0 Å².